The molecule has 0 N–H and O–H groups in total. The molecule has 1 saturated heterocycles. The maximum absolute atomic E-state index is 11.7. The molecule has 1 fully saturated rings. The van der Waals surface area contributed by atoms with E-state index < -0.39 is 10.0 Å². The predicted molar refractivity (Wildman–Crippen MR) is 70.7 cm³/mol. The Balaban J connectivity index is 2.28. The molecule has 0 atom stereocenters. The average molecular weight is 369 g/mol. The molecular formula is C10H11Br2NO2S. The van der Waals surface area contributed by atoms with Crippen molar-refractivity contribution >= 4 is 41.9 Å². The molecule has 0 aromatic heterocycles. The standard InChI is InChI=1S/C10H11Br2NO2S/c11-9-3-1-4-10(12)8(9)7-13-5-2-6-16(13,14)15/h1,3-4H,2,5-7H2. The quantitative estimate of drug-likeness (QED) is 0.804. The van der Waals surface area contributed by atoms with Gasteiger partial charge in [0.1, 0.15) is 0 Å². The lowest BCUT2D eigenvalue weighted by Crippen LogP contribution is -2.25. The van der Waals surface area contributed by atoms with Gasteiger partial charge < -0.3 is 0 Å². The van der Waals surface area contributed by atoms with Crippen molar-refractivity contribution in [3.05, 3.63) is 32.7 Å². The second-order valence-electron chi connectivity index (χ2n) is 3.70. The second-order valence-corrected chi connectivity index (χ2v) is 7.50. The third kappa shape index (κ3) is 2.50. The lowest BCUT2D eigenvalue weighted by atomic mass is 10.2. The topological polar surface area (TPSA) is 37.4 Å². The molecule has 1 heterocycles. The lowest BCUT2D eigenvalue weighted by molar-refractivity contribution is 0.438. The summed E-state index contributed by atoms with van der Waals surface area (Å²) in [4.78, 5) is 0. The fourth-order valence-corrected chi connectivity index (χ4v) is 4.46. The third-order valence-corrected chi connectivity index (χ3v) is 5.99. The molecule has 0 unspecified atom stereocenters. The minimum absolute atomic E-state index is 0.273. The lowest BCUT2D eigenvalue weighted by Gasteiger charge is -2.16. The number of nitrogens with zero attached hydrogens (tertiary/aromatic N) is 1. The predicted octanol–water partition coefficient (Wildman–Crippen LogP) is 2.75. The molecule has 16 heavy (non-hydrogen) atoms. The highest BCUT2D eigenvalue weighted by atomic mass is 79.9. The van der Waals surface area contributed by atoms with Gasteiger partial charge in [0, 0.05) is 22.0 Å². The summed E-state index contributed by atoms with van der Waals surface area (Å²) in [6.07, 6.45) is 0.727. The van der Waals surface area contributed by atoms with Crippen LogP contribution in [0.5, 0.6) is 0 Å². The first-order valence-electron chi connectivity index (χ1n) is 4.91. The van der Waals surface area contributed by atoms with Crippen LogP contribution >= 0.6 is 31.9 Å². The van der Waals surface area contributed by atoms with Crippen LogP contribution in [0.15, 0.2) is 27.1 Å². The number of benzene rings is 1. The van der Waals surface area contributed by atoms with Gasteiger partial charge in [-0.1, -0.05) is 37.9 Å². The van der Waals surface area contributed by atoms with E-state index in [1.807, 2.05) is 18.2 Å². The van der Waals surface area contributed by atoms with Gasteiger partial charge in [0.25, 0.3) is 0 Å². The SMILES string of the molecule is O=S1(=O)CCCN1Cc1c(Br)cccc1Br. The van der Waals surface area contributed by atoms with Crippen molar-refractivity contribution in [3.63, 3.8) is 0 Å². The van der Waals surface area contributed by atoms with Gasteiger partial charge in [-0.25, -0.2) is 8.42 Å². The molecule has 0 radical (unpaired) electrons. The maximum atomic E-state index is 11.7. The molecule has 6 heteroatoms. The molecule has 1 aliphatic heterocycles. The summed E-state index contributed by atoms with van der Waals surface area (Å²) in [5.74, 6) is 0.273. The van der Waals surface area contributed by atoms with Gasteiger partial charge >= 0.3 is 0 Å². The molecule has 88 valence electrons. The van der Waals surface area contributed by atoms with Crippen molar-refractivity contribution < 1.29 is 8.42 Å². The monoisotopic (exact) mass is 367 g/mol. The minimum atomic E-state index is -3.03. The summed E-state index contributed by atoms with van der Waals surface area (Å²) in [6.45, 7) is 1.06. The van der Waals surface area contributed by atoms with Gasteiger partial charge in [0.05, 0.1) is 5.75 Å². The highest BCUT2D eigenvalue weighted by Crippen LogP contribution is 2.28. The molecule has 0 bridgehead atoms. The summed E-state index contributed by atoms with van der Waals surface area (Å²) < 4.78 is 26.8. The van der Waals surface area contributed by atoms with Gasteiger partial charge in [-0.05, 0) is 24.1 Å². The van der Waals surface area contributed by atoms with Gasteiger partial charge in [-0.2, -0.15) is 4.31 Å². The largest absolute Gasteiger partial charge is 0.214 e. The normalized spacial score (nSPS) is 20.1. The fourth-order valence-electron chi connectivity index (χ4n) is 1.73. The Hall–Kier alpha value is 0.0900. The van der Waals surface area contributed by atoms with Crippen LogP contribution in [-0.4, -0.2) is 25.0 Å². The zero-order valence-electron chi connectivity index (χ0n) is 8.49. The minimum Gasteiger partial charge on any atom is -0.212 e. The Labute approximate surface area is 112 Å². The Bertz CT molecular complexity index is 481. The van der Waals surface area contributed by atoms with E-state index in [1.54, 1.807) is 0 Å². The van der Waals surface area contributed by atoms with Gasteiger partial charge in [-0.3, -0.25) is 0 Å². The molecule has 0 spiro atoms. The van der Waals surface area contributed by atoms with Crippen LogP contribution in [0.1, 0.15) is 12.0 Å². The molecule has 2 rings (SSSR count). The maximum Gasteiger partial charge on any atom is 0.214 e. The van der Waals surface area contributed by atoms with E-state index in [4.69, 9.17) is 0 Å². The van der Waals surface area contributed by atoms with Crippen molar-refractivity contribution in [1.82, 2.24) is 4.31 Å². The average Bonchev–Trinajstić information content (AvgIpc) is 2.52. The van der Waals surface area contributed by atoms with Crippen molar-refractivity contribution in [2.75, 3.05) is 12.3 Å². The molecule has 0 saturated carbocycles. The molecule has 3 nitrogen and oxygen atoms in total. The summed E-state index contributed by atoms with van der Waals surface area (Å²) in [5.41, 5.74) is 0.980. The van der Waals surface area contributed by atoms with Crippen LogP contribution < -0.4 is 0 Å². The first kappa shape index (κ1) is 12.5. The van der Waals surface area contributed by atoms with Crippen molar-refractivity contribution in [3.8, 4) is 0 Å². The smallest absolute Gasteiger partial charge is 0.212 e. The van der Waals surface area contributed by atoms with Crippen molar-refractivity contribution in [1.29, 1.82) is 0 Å². The van der Waals surface area contributed by atoms with E-state index in [2.05, 4.69) is 31.9 Å². The summed E-state index contributed by atoms with van der Waals surface area (Å²) >= 11 is 6.88. The van der Waals surface area contributed by atoms with Crippen LogP contribution in [0.25, 0.3) is 0 Å². The first-order valence-corrected chi connectivity index (χ1v) is 8.11. The van der Waals surface area contributed by atoms with E-state index in [-0.39, 0.29) is 5.75 Å². The summed E-state index contributed by atoms with van der Waals surface area (Å²) in [5, 5.41) is 0. The van der Waals surface area contributed by atoms with Crippen LogP contribution in [0.2, 0.25) is 0 Å². The van der Waals surface area contributed by atoms with E-state index in [0.29, 0.717) is 13.1 Å². The Morgan fingerprint density at radius 1 is 1.25 bits per heavy atom. The molecule has 0 amide bonds. The molecule has 1 aromatic rings. The number of hydrogen-bond acceptors (Lipinski definition) is 2. The highest BCUT2D eigenvalue weighted by molar-refractivity contribution is 9.11. The zero-order chi connectivity index (χ0) is 11.8. The van der Waals surface area contributed by atoms with E-state index in [1.165, 1.54) is 4.31 Å². The Morgan fingerprint density at radius 2 is 1.88 bits per heavy atom. The van der Waals surface area contributed by atoms with Crippen LogP contribution in [0, 0.1) is 0 Å². The van der Waals surface area contributed by atoms with Crippen molar-refractivity contribution in [2.45, 2.75) is 13.0 Å². The number of rotatable bonds is 2. The number of halogens is 2. The van der Waals surface area contributed by atoms with Crippen LogP contribution in [-0.2, 0) is 16.6 Å². The van der Waals surface area contributed by atoms with Crippen LogP contribution in [0.3, 0.4) is 0 Å². The van der Waals surface area contributed by atoms with E-state index >= 15 is 0 Å². The number of sulfonamides is 1. The van der Waals surface area contributed by atoms with Gasteiger partial charge in [-0.15, -0.1) is 0 Å². The first-order chi connectivity index (χ1) is 7.50. The van der Waals surface area contributed by atoms with Gasteiger partial charge in [0.15, 0.2) is 0 Å². The van der Waals surface area contributed by atoms with Crippen LogP contribution in [0.4, 0.5) is 0 Å². The zero-order valence-corrected chi connectivity index (χ0v) is 12.5. The molecule has 1 aliphatic rings. The molecule has 0 aliphatic carbocycles. The summed E-state index contributed by atoms with van der Waals surface area (Å²) in [6, 6.07) is 5.75. The number of hydrogen-bond donors (Lipinski definition) is 0. The second kappa shape index (κ2) is 4.76. The van der Waals surface area contributed by atoms with E-state index in [0.717, 1.165) is 20.9 Å². The molecular weight excluding hydrogens is 358 g/mol. The fraction of sp³-hybridized carbons (Fsp3) is 0.400. The highest BCUT2D eigenvalue weighted by Gasteiger charge is 2.28. The summed E-state index contributed by atoms with van der Waals surface area (Å²) in [7, 11) is -3.03. The molecule has 1 aromatic carbocycles. The Kier molecular flexibility index (Phi) is 3.73. The van der Waals surface area contributed by atoms with E-state index in [9.17, 15) is 8.42 Å². The third-order valence-electron chi connectivity index (χ3n) is 2.60. The van der Waals surface area contributed by atoms with Crippen molar-refractivity contribution in [2.24, 2.45) is 0 Å². The Morgan fingerprint density at radius 3 is 2.38 bits per heavy atom. The van der Waals surface area contributed by atoms with Gasteiger partial charge in [0.2, 0.25) is 10.0 Å².